The largest absolute Gasteiger partial charge is 2.00 e. The maximum atomic E-state index is 5.22. The molecule has 2 heterocycles. The smallest absolute Gasteiger partial charge is 0.367 e. The molecule has 11 rings (SSSR count). The second kappa shape index (κ2) is 12.2. The summed E-state index contributed by atoms with van der Waals surface area (Å²) in [6.07, 6.45) is 0. The second-order valence-corrected chi connectivity index (χ2v) is 14.1. The van der Waals surface area contributed by atoms with Gasteiger partial charge in [0, 0.05) is 19.5 Å². The fourth-order valence-corrected chi connectivity index (χ4v) is 8.94. The molecule has 0 unspecified atom stereocenters. The molecule has 8 aromatic carbocycles. The van der Waals surface area contributed by atoms with Gasteiger partial charge in [0.05, 0.1) is 33.7 Å². The third kappa shape index (κ3) is 4.47. The molecule has 0 N–H and O–H groups in total. The maximum absolute atomic E-state index is 5.22. The van der Waals surface area contributed by atoms with Gasteiger partial charge in [-0.05, 0) is 46.5 Å². The molecule has 0 saturated carbocycles. The monoisotopic (exact) mass is 871 g/mol. The van der Waals surface area contributed by atoms with Crippen LogP contribution in [0.3, 0.4) is 0 Å². The Bertz CT molecular complexity index is 2900. The van der Waals surface area contributed by atoms with Crippen LogP contribution >= 0.6 is 0 Å². The number of nitrogens with zero attached hydrogens (tertiary/aromatic N) is 4. The molecular formula is C49H32N4Pt. The molecule has 54 heavy (non-hydrogen) atoms. The molecule has 258 valence electrons. The Balaban J connectivity index is 0.00000361. The van der Waals surface area contributed by atoms with Gasteiger partial charge in [0.2, 0.25) is 0 Å². The van der Waals surface area contributed by atoms with Gasteiger partial charge in [-0.1, -0.05) is 132 Å². The SMILES string of the molecule is Cn1c(-c2[c-]c(C3(c4[c-]c(-c5nc6ccccc6n5C)c5ccccc5c4)c4ccccc4-c4ccccc43)cc3ccccc23)nc2ccccc21.[Pt+2]. The van der Waals surface area contributed by atoms with E-state index >= 15 is 0 Å². The summed E-state index contributed by atoms with van der Waals surface area (Å²) in [5, 5.41) is 4.52. The molecule has 1 aliphatic rings. The van der Waals surface area contributed by atoms with Crippen LogP contribution in [0.5, 0.6) is 0 Å². The van der Waals surface area contributed by atoms with Gasteiger partial charge in [-0.3, -0.25) is 9.97 Å². The maximum Gasteiger partial charge on any atom is 2.00 e. The first-order valence-electron chi connectivity index (χ1n) is 18.1. The fraction of sp³-hybridized carbons (Fsp3) is 0.0612. The Morgan fingerprint density at radius 1 is 0.463 bits per heavy atom. The summed E-state index contributed by atoms with van der Waals surface area (Å²) in [5.74, 6) is 1.78. The Kier molecular flexibility index (Phi) is 7.37. The van der Waals surface area contributed by atoms with Crippen molar-refractivity contribution in [3.8, 4) is 33.9 Å². The number of para-hydroxylation sites is 4. The topological polar surface area (TPSA) is 35.6 Å². The van der Waals surface area contributed by atoms with Crippen LogP contribution in [0.25, 0.3) is 77.5 Å². The molecule has 0 atom stereocenters. The number of benzene rings is 8. The van der Waals surface area contributed by atoms with Gasteiger partial charge in [-0.25, -0.2) is 0 Å². The van der Waals surface area contributed by atoms with Gasteiger partial charge < -0.3 is 9.13 Å². The fourth-order valence-electron chi connectivity index (χ4n) is 8.94. The molecule has 2 aromatic heterocycles. The quantitative estimate of drug-likeness (QED) is 0.165. The molecule has 4 nitrogen and oxygen atoms in total. The third-order valence-corrected chi connectivity index (χ3v) is 11.4. The predicted molar refractivity (Wildman–Crippen MR) is 216 cm³/mol. The van der Waals surface area contributed by atoms with Crippen molar-refractivity contribution in [2.24, 2.45) is 14.1 Å². The van der Waals surface area contributed by atoms with E-state index in [4.69, 9.17) is 9.97 Å². The van der Waals surface area contributed by atoms with E-state index in [0.29, 0.717) is 0 Å². The van der Waals surface area contributed by atoms with E-state index < -0.39 is 5.41 Å². The van der Waals surface area contributed by atoms with Gasteiger partial charge in [0.25, 0.3) is 0 Å². The third-order valence-electron chi connectivity index (χ3n) is 11.4. The molecule has 0 saturated heterocycles. The van der Waals surface area contributed by atoms with E-state index in [1.165, 1.54) is 22.3 Å². The zero-order chi connectivity index (χ0) is 35.3. The first-order chi connectivity index (χ1) is 26.1. The van der Waals surface area contributed by atoms with E-state index in [1.807, 2.05) is 0 Å². The van der Waals surface area contributed by atoms with Crippen molar-refractivity contribution in [3.05, 3.63) is 192 Å². The Hall–Kier alpha value is -6.09. The van der Waals surface area contributed by atoms with Crippen molar-refractivity contribution in [2.45, 2.75) is 5.41 Å². The van der Waals surface area contributed by atoms with Crippen LogP contribution in [0.1, 0.15) is 22.3 Å². The average molecular weight is 872 g/mol. The zero-order valence-corrected chi connectivity index (χ0v) is 31.9. The molecule has 0 radical (unpaired) electrons. The molecule has 0 aliphatic heterocycles. The summed E-state index contributed by atoms with van der Waals surface area (Å²) in [4.78, 5) is 10.4. The number of rotatable bonds is 4. The minimum Gasteiger partial charge on any atom is -0.367 e. The van der Waals surface area contributed by atoms with Crippen LogP contribution in [0.2, 0.25) is 0 Å². The van der Waals surface area contributed by atoms with Crippen LogP contribution in [0.4, 0.5) is 0 Å². The van der Waals surface area contributed by atoms with Gasteiger partial charge in [-0.15, -0.1) is 57.3 Å². The zero-order valence-electron chi connectivity index (χ0n) is 29.6. The standard InChI is InChI=1S/C49H32N4.Pt/c1-52-45-25-13-11-23-43(45)50-47(52)39-29-33(27-31-15-3-5-17-35(31)39)49(41-21-9-7-19-37(41)38-20-8-10-22-42(38)49)34-28-32-16-4-6-18-36(32)40(30-34)48-51-44-24-12-14-26-46(44)53(48)2;/h3-28H,1-2H3;/q-2;+2. The minimum atomic E-state index is -0.750. The summed E-state index contributed by atoms with van der Waals surface area (Å²) in [6.45, 7) is 0. The summed E-state index contributed by atoms with van der Waals surface area (Å²) in [7, 11) is 4.21. The van der Waals surface area contributed by atoms with Crippen molar-refractivity contribution >= 4 is 43.6 Å². The molecule has 0 spiro atoms. The molecular weight excluding hydrogens is 840 g/mol. The van der Waals surface area contributed by atoms with Crippen LogP contribution in [-0.4, -0.2) is 19.1 Å². The average Bonchev–Trinajstić information content (AvgIpc) is 3.84. The number of aromatic nitrogens is 4. The first-order valence-corrected chi connectivity index (χ1v) is 18.1. The van der Waals surface area contributed by atoms with Gasteiger partial charge in [0.15, 0.2) is 0 Å². The van der Waals surface area contributed by atoms with Gasteiger partial charge >= 0.3 is 21.1 Å². The van der Waals surface area contributed by atoms with Gasteiger partial charge in [-0.2, -0.15) is 0 Å². The second-order valence-electron chi connectivity index (χ2n) is 14.1. The predicted octanol–water partition coefficient (Wildman–Crippen LogP) is 11.1. The summed E-state index contributed by atoms with van der Waals surface area (Å²) in [6, 6.07) is 64.6. The first kappa shape index (κ1) is 32.6. The van der Waals surface area contributed by atoms with Crippen LogP contribution in [0.15, 0.2) is 158 Å². The van der Waals surface area contributed by atoms with E-state index in [9.17, 15) is 0 Å². The Morgan fingerprint density at radius 2 is 0.852 bits per heavy atom. The van der Waals surface area contributed by atoms with Crippen molar-refractivity contribution in [1.29, 1.82) is 0 Å². The Morgan fingerprint density at radius 3 is 1.31 bits per heavy atom. The molecule has 0 bridgehead atoms. The van der Waals surface area contributed by atoms with E-state index in [0.717, 1.165) is 77.5 Å². The van der Waals surface area contributed by atoms with Crippen molar-refractivity contribution in [3.63, 3.8) is 0 Å². The van der Waals surface area contributed by atoms with Crippen molar-refractivity contribution in [1.82, 2.24) is 19.1 Å². The number of imidazole rings is 2. The van der Waals surface area contributed by atoms with E-state index in [-0.39, 0.29) is 21.1 Å². The summed E-state index contributed by atoms with van der Waals surface area (Å²) >= 11 is 0. The van der Waals surface area contributed by atoms with Crippen molar-refractivity contribution in [2.75, 3.05) is 0 Å². The normalized spacial score (nSPS) is 13.0. The number of aryl methyl sites for hydroxylation is 2. The van der Waals surface area contributed by atoms with E-state index in [2.05, 4.69) is 193 Å². The summed E-state index contributed by atoms with van der Waals surface area (Å²) < 4.78 is 4.40. The van der Waals surface area contributed by atoms with Crippen LogP contribution < -0.4 is 0 Å². The van der Waals surface area contributed by atoms with Crippen LogP contribution in [0, 0.1) is 12.1 Å². The molecule has 1 aliphatic carbocycles. The number of hydrogen-bond donors (Lipinski definition) is 0. The number of fused-ring (bicyclic) bond motifs is 7. The molecule has 0 fully saturated rings. The molecule has 0 amide bonds. The molecule has 10 aromatic rings. The van der Waals surface area contributed by atoms with E-state index in [1.54, 1.807) is 0 Å². The van der Waals surface area contributed by atoms with Gasteiger partial charge in [0.1, 0.15) is 0 Å². The van der Waals surface area contributed by atoms with Crippen LogP contribution in [-0.2, 0) is 40.6 Å². The molecule has 5 heteroatoms. The Labute approximate surface area is 327 Å². The minimum absolute atomic E-state index is 0. The van der Waals surface area contributed by atoms with Crippen molar-refractivity contribution < 1.29 is 21.1 Å². The number of hydrogen-bond acceptors (Lipinski definition) is 2. The summed E-state index contributed by atoms with van der Waals surface area (Å²) in [5.41, 5.74) is 12.3.